The van der Waals surface area contributed by atoms with Gasteiger partial charge in [-0.15, -0.1) is 11.3 Å². The Morgan fingerprint density at radius 3 is 2.67 bits per heavy atom. The van der Waals surface area contributed by atoms with Crippen LogP contribution in [0.25, 0.3) is 20.7 Å². The first-order valence-electron chi connectivity index (χ1n) is 7.81. The van der Waals surface area contributed by atoms with E-state index in [2.05, 4.69) is 36.2 Å². The molecule has 3 nitrogen and oxygen atoms in total. The number of hydrogen-bond donors (Lipinski definition) is 0. The Hall–Kier alpha value is -2.72. The Labute approximate surface area is 143 Å². The molecule has 0 aliphatic rings. The molecule has 2 aromatic heterocycles. The highest BCUT2D eigenvalue weighted by Crippen LogP contribution is 2.30. The molecule has 0 N–H and O–H groups in total. The molecular weight excluding hydrogens is 316 g/mol. The molecule has 0 fully saturated rings. The quantitative estimate of drug-likeness (QED) is 0.554. The lowest BCUT2D eigenvalue weighted by atomic mass is 10.1. The summed E-state index contributed by atoms with van der Waals surface area (Å²) < 4.78 is 2.39. The van der Waals surface area contributed by atoms with Gasteiger partial charge in [-0.05, 0) is 24.1 Å². The second-order valence-electron chi connectivity index (χ2n) is 5.86. The van der Waals surface area contributed by atoms with Crippen molar-refractivity contribution in [2.75, 3.05) is 0 Å². The summed E-state index contributed by atoms with van der Waals surface area (Å²) in [6.07, 6.45) is 1.65. The van der Waals surface area contributed by atoms with Gasteiger partial charge in [0.25, 0.3) is 5.56 Å². The lowest BCUT2D eigenvalue weighted by Crippen LogP contribution is -2.20. The normalized spacial score (nSPS) is 11.0. The van der Waals surface area contributed by atoms with Crippen LogP contribution in [0.5, 0.6) is 0 Å². The molecule has 0 amide bonds. The number of thiophene rings is 1. The summed E-state index contributed by atoms with van der Waals surface area (Å²) >= 11 is 1.51. The third-order valence-corrected chi connectivity index (χ3v) is 5.16. The first-order chi connectivity index (χ1) is 11.7. The molecule has 0 atom stereocenters. The Morgan fingerprint density at radius 1 is 1.04 bits per heavy atom. The minimum Gasteiger partial charge on any atom is -0.294 e. The molecule has 0 aliphatic carbocycles. The summed E-state index contributed by atoms with van der Waals surface area (Å²) in [5.74, 6) is 0. The first kappa shape index (κ1) is 14.8. The van der Waals surface area contributed by atoms with Crippen LogP contribution < -0.4 is 5.56 Å². The van der Waals surface area contributed by atoms with Crippen LogP contribution in [0.1, 0.15) is 11.1 Å². The number of aromatic nitrogens is 2. The zero-order chi connectivity index (χ0) is 16.5. The van der Waals surface area contributed by atoms with Crippen LogP contribution in [0, 0.1) is 6.92 Å². The predicted octanol–water partition coefficient (Wildman–Crippen LogP) is 4.48. The van der Waals surface area contributed by atoms with Gasteiger partial charge >= 0.3 is 0 Å². The van der Waals surface area contributed by atoms with Crippen LogP contribution in [0.4, 0.5) is 0 Å². The van der Waals surface area contributed by atoms with Crippen LogP contribution in [0.15, 0.2) is 71.8 Å². The van der Waals surface area contributed by atoms with Crippen molar-refractivity contribution in [2.45, 2.75) is 13.5 Å². The Balaban J connectivity index is 1.76. The van der Waals surface area contributed by atoms with Gasteiger partial charge in [-0.25, -0.2) is 4.98 Å². The van der Waals surface area contributed by atoms with Crippen molar-refractivity contribution < 1.29 is 0 Å². The van der Waals surface area contributed by atoms with Gasteiger partial charge in [-0.2, -0.15) is 0 Å². The summed E-state index contributed by atoms with van der Waals surface area (Å²) in [5.41, 5.74) is 4.21. The van der Waals surface area contributed by atoms with Crippen molar-refractivity contribution in [1.29, 1.82) is 0 Å². The highest BCUT2D eigenvalue weighted by molar-refractivity contribution is 7.22. The van der Waals surface area contributed by atoms with E-state index in [0.29, 0.717) is 11.2 Å². The van der Waals surface area contributed by atoms with Gasteiger partial charge in [0, 0.05) is 4.88 Å². The minimum absolute atomic E-state index is 0.0219. The average Bonchev–Trinajstić information content (AvgIpc) is 3.03. The van der Waals surface area contributed by atoms with E-state index >= 15 is 0 Å². The molecule has 2 aromatic carbocycles. The van der Waals surface area contributed by atoms with E-state index in [1.807, 2.05) is 36.4 Å². The van der Waals surface area contributed by atoms with Crippen molar-refractivity contribution in [2.24, 2.45) is 0 Å². The molecular formula is C20H16N2OS. The van der Waals surface area contributed by atoms with Crippen molar-refractivity contribution >= 4 is 21.6 Å². The van der Waals surface area contributed by atoms with Crippen LogP contribution >= 0.6 is 11.3 Å². The molecule has 0 radical (unpaired) electrons. The molecule has 118 valence electrons. The maximum atomic E-state index is 12.8. The van der Waals surface area contributed by atoms with E-state index in [4.69, 9.17) is 0 Å². The fourth-order valence-electron chi connectivity index (χ4n) is 2.81. The van der Waals surface area contributed by atoms with Crippen LogP contribution in [0.2, 0.25) is 0 Å². The topological polar surface area (TPSA) is 34.9 Å². The summed E-state index contributed by atoms with van der Waals surface area (Å²) in [5, 5.41) is 0. The van der Waals surface area contributed by atoms with Gasteiger partial charge in [0.1, 0.15) is 4.70 Å². The van der Waals surface area contributed by atoms with E-state index < -0.39 is 0 Å². The molecule has 2 heterocycles. The van der Waals surface area contributed by atoms with Crippen LogP contribution in [-0.2, 0) is 6.54 Å². The number of nitrogens with zero attached hydrogens (tertiary/aromatic N) is 2. The monoisotopic (exact) mass is 332 g/mol. The number of benzene rings is 2. The maximum Gasteiger partial charge on any atom is 0.271 e. The zero-order valence-corrected chi connectivity index (χ0v) is 14.1. The summed E-state index contributed by atoms with van der Waals surface area (Å²) in [7, 11) is 0. The average molecular weight is 332 g/mol. The Bertz CT molecular complexity index is 1060. The first-order valence-corrected chi connectivity index (χ1v) is 8.62. The lowest BCUT2D eigenvalue weighted by molar-refractivity contribution is 0.749. The molecule has 0 unspecified atom stereocenters. The molecule has 0 saturated heterocycles. The molecule has 4 rings (SSSR count). The van der Waals surface area contributed by atoms with Crippen LogP contribution in [-0.4, -0.2) is 9.55 Å². The Kier molecular flexibility index (Phi) is 3.75. The summed E-state index contributed by atoms with van der Waals surface area (Å²) in [6.45, 7) is 2.60. The van der Waals surface area contributed by atoms with E-state index in [1.54, 1.807) is 10.9 Å². The van der Waals surface area contributed by atoms with Gasteiger partial charge < -0.3 is 0 Å². The second-order valence-corrected chi connectivity index (χ2v) is 6.91. The van der Waals surface area contributed by atoms with Crippen molar-refractivity contribution in [1.82, 2.24) is 9.55 Å². The standard InChI is InChI=1S/C20H16N2OS/c1-14-6-5-7-15(10-14)12-22-13-21-17-11-18(24-19(17)20(22)23)16-8-3-2-4-9-16/h2-11,13H,12H2,1H3. The van der Waals surface area contributed by atoms with Crippen LogP contribution in [0.3, 0.4) is 0 Å². The zero-order valence-electron chi connectivity index (χ0n) is 13.3. The highest BCUT2D eigenvalue weighted by atomic mass is 32.1. The minimum atomic E-state index is 0.0219. The number of aryl methyl sites for hydroxylation is 1. The smallest absolute Gasteiger partial charge is 0.271 e. The molecule has 0 bridgehead atoms. The van der Waals surface area contributed by atoms with E-state index in [-0.39, 0.29) is 5.56 Å². The van der Waals surface area contributed by atoms with E-state index in [0.717, 1.165) is 21.5 Å². The SMILES string of the molecule is Cc1cccc(Cn2cnc3cc(-c4ccccc4)sc3c2=O)c1. The highest BCUT2D eigenvalue weighted by Gasteiger charge is 2.10. The maximum absolute atomic E-state index is 12.8. The summed E-state index contributed by atoms with van der Waals surface area (Å²) in [6, 6.07) is 20.3. The number of fused-ring (bicyclic) bond motifs is 1. The van der Waals surface area contributed by atoms with Gasteiger partial charge in [-0.1, -0.05) is 60.2 Å². The van der Waals surface area contributed by atoms with Crippen molar-refractivity contribution in [3.8, 4) is 10.4 Å². The second kappa shape index (κ2) is 6.06. The molecule has 0 spiro atoms. The Morgan fingerprint density at radius 2 is 1.88 bits per heavy atom. The van der Waals surface area contributed by atoms with E-state index in [9.17, 15) is 4.79 Å². The van der Waals surface area contributed by atoms with Crippen molar-refractivity contribution in [3.05, 3.63) is 88.5 Å². The van der Waals surface area contributed by atoms with Gasteiger partial charge in [0.15, 0.2) is 0 Å². The number of hydrogen-bond acceptors (Lipinski definition) is 3. The van der Waals surface area contributed by atoms with Gasteiger partial charge in [-0.3, -0.25) is 9.36 Å². The summed E-state index contributed by atoms with van der Waals surface area (Å²) in [4.78, 5) is 18.3. The predicted molar refractivity (Wildman–Crippen MR) is 99.6 cm³/mol. The fourth-order valence-corrected chi connectivity index (χ4v) is 3.87. The molecule has 0 aliphatic heterocycles. The molecule has 0 saturated carbocycles. The van der Waals surface area contributed by atoms with Crippen molar-refractivity contribution in [3.63, 3.8) is 0 Å². The fraction of sp³-hybridized carbons (Fsp3) is 0.100. The molecule has 4 aromatic rings. The number of rotatable bonds is 3. The largest absolute Gasteiger partial charge is 0.294 e. The van der Waals surface area contributed by atoms with E-state index in [1.165, 1.54) is 16.9 Å². The third-order valence-electron chi connectivity index (χ3n) is 4.00. The molecule has 4 heteroatoms. The third kappa shape index (κ3) is 2.76. The van der Waals surface area contributed by atoms with Gasteiger partial charge in [0.05, 0.1) is 18.4 Å². The lowest BCUT2D eigenvalue weighted by Gasteiger charge is -2.05. The van der Waals surface area contributed by atoms with Gasteiger partial charge in [0.2, 0.25) is 0 Å². The molecule has 24 heavy (non-hydrogen) atoms.